The summed E-state index contributed by atoms with van der Waals surface area (Å²) in [6.45, 7) is 4.58. The second kappa shape index (κ2) is 11.4. The van der Waals surface area contributed by atoms with Crippen molar-refractivity contribution < 1.29 is 0 Å². The van der Waals surface area contributed by atoms with E-state index in [1.54, 1.807) is 0 Å². The molecule has 0 aliphatic heterocycles. The molecule has 1 rings (SSSR count). The lowest BCUT2D eigenvalue weighted by Gasteiger charge is -2.19. The minimum atomic E-state index is 0.749. The Bertz CT molecular complexity index is 333. The lowest BCUT2D eigenvalue weighted by Crippen LogP contribution is -2.01. The van der Waals surface area contributed by atoms with Gasteiger partial charge in [-0.05, 0) is 30.4 Å². The van der Waals surface area contributed by atoms with Gasteiger partial charge in [-0.2, -0.15) is 0 Å². The molecule has 0 N–H and O–H groups in total. The predicted molar refractivity (Wildman–Crippen MR) is 94.4 cm³/mol. The van der Waals surface area contributed by atoms with Crippen molar-refractivity contribution in [2.75, 3.05) is 0 Å². The lowest BCUT2D eigenvalue weighted by molar-refractivity contribution is 0.495. The Morgan fingerprint density at radius 2 is 1.35 bits per heavy atom. The number of unbranched alkanes of at least 4 members (excludes halogenated alkanes) is 6. The molecule has 0 atom stereocenters. The molecule has 0 heterocycles. The van der Waals surface area contributed by atoms with Crippen molar-refractivity contribution in [1.82, 2.24) is 0 Å². The van der Waals surface area contributed by atoms with Crippen molar-refractivity contribution in [1.29, 1.82) is 0 Å². The van der Waals surface area contributed by atoms with Crippen LogP contribution < -0.4 is 0 Å². The van der Waals surface area contributed by atoms with Gasteiger partial charge in [0, 0.05) is 4.47 Å². The SMILES string of the molecule is CCCCCCC(CCCCCC)c1ccccc1Br. The Balaban J connectivity index is 2.52. The van der Waals surface area contributed by atoms with Crippen LogP contribution in [0.5, 0.6) is 0 Å². The van der Waals surface area contributed by atoms with Crippen molar-refractivity contribution in [2.24, 2.45) is 0 Å². The van der Waals surface area contributed by atoms with E-state index in [2.05, 4.69) is 54.0 Å². The molecule has 0 saturated heterocycles. The zero-order chi connectivity index (χ0) is 14.6. The predicted octanol–water partition coefficient (Wildman–Crippen LogP) is 7.47. The van der Waals surface area contributed by atoms with E-state index >= 15 is 0 Å². The maximum absolute atomic E-state index is 3.74. The molecule has 0 amide bonds. The van der Waals surface area contributed by atoms with Crippen LogP contribution in [0.25, 0.3) is 0 Å². The van der Waals surface area contributed by atoms with E-state index in [1.165, 1.54) is 74.2 Å². The Hall–Kier alpha value is -0.300. The van der Waals surface area contributed by atoms with Crippen LogP contribution >= 0.6 is 15.9 Å². The van der Waals surface area contributed by atoms with Gasteiger partial charge in [0.1, 0.15) is 0 Å². The molecule has 1 aromatic carbocycles. The molecule has 0 nitrogen and oxygen atoms in total. The first kappa shape index (κ1) is 17.8. The Morgan fingerprint density at radius 3 is 1.85 bits per heavy atom. The van der Waals surface area contributed by atoms with Gasteiger partial charge in [0.15, 0.2) is 0 Å². The van der Waals surface area contributed by atoms with Crippen LogP contribution in [0, 0.1) is 0 Å². The van der Waals surface area contributed by atoms with Gasteiger partial charge in [0.2, 0.25) is 0 Å². The summed E-state index contributed by atoms with van der Waals surface area (Å²) < 4.78 is 1.30. The first-order chi connectivity index (χ1) is 9.79. The van der Waals surface area contributed by atoms with Crippen molar-refractivity contribution in [3.63, 3.8) is 0 Å². The zero-order valence-electron chi connectivity index (χ0n) is 13.3. The van der Waals surface area contributed by atoms with Crippen LogP contribution in [-0.4, -0.2) is 0 Å². The second-order valence-electron chi connectivity index (χ2n) is 5.92. The van der Waals surface area contributed by atoms with Crippen LogP contribution in [0.3, 0.4) is 0 Å². The maximum Gasteiger partial charge on any atom is 0.0210 e. The van der Waals surface area contributed by atoms with E-state index in [1.807, 2.05) is 0 Å². The highest BCUT2D eigenvalue weighted by molar-refractivity contribution is 9.10. The van der Waals surface area contributed by atoms with Crippen LogP contribution in [0.1, 0.15) is 89.5 Å². The number of rotatable bonds is 11. The number of hydrogen-bond donors (Lipinski definition) is 0. The second-order valence-corrected chi connectivity index (χ2v) is 6.77. The standard InChI is InChI=1S/C19H31Br/c1-3-5-7-9-13-17(14-10-8-6-4-2)18-15-11-12-16-19(18)20/h11-12,15-17H,3-10,13-14H2,1-2H3. The smallest absolute Gasteiger partial charge is 0.0210 e. The van der Waals surface area contributed by atoms with Crippen molar-refractivity contribution in [2.45, 2.75) is 84.0 Å². The van der Waals surface area contributed by atoms with Crippen molar-refractivity contribution in [3.05, 3.63) is 34.3 Å². The quantitative estimate of drug-likeness (QED) is 0.367. The Kier molecular flexibility index (Phi) is 10.1. The molecule has 0 radical (unpaired) electrons. The molecule has 0 spiro atoms. The molecule has 0 fully saturated rings. The molecular formula is C19H31Br. The molecule has 0 unspecified atom stereocenters. The normalized spacial score (nSPS) is 11.2. The fraction of sp³-hybridized carbons (Fsp3) is 0.684. The third kappa shape index (κ3) is 6.92. The first-order valence-corrected chi connectivity index (χ1v) is 9.33. The van der Waals surface area contributed by atoms with Gasteiger partial charge in [0.25, 0.3) is 0 Å². The average Bonchev–Trinajstić information content (AvgIpc) is 2.46. The van der Waals surface area contributed by atoms with Crippen LogP contribution in [0.4, 0.5) is 0 Å². The van der Waals surface area contributed by atoms with Gasteiger partial charge in [-0.15, -0.1) is 0 Å². The molecule has 0 aliphatic carbocycles. The van der Waals surface area contributed by atoms with Crippen LogP contribution in [0.15, 0.2) is 28.7 Å². The summed E-state index contributed by atoms with van der Waals surface area (Å²) in [4.78, 5) is 0. The molecule has 114 valence electrons. The molecule has 1 heteroatoms. The minimum Gasteiger partial charge on any atom is -0.0654 e. The fourth-order valence-electron chi connectivity index (χ4n) is 2.90. The third-order valence-electron chi connectivity index (χ3n) is 4.16. The Labute approximate surface area is 134 Å². The van der Waals surface area contributed by atoms with E-state index in [0.29, 0.717) is 0 Å². The van der Waals surface area contributed by atoms with E-state index in [-0.39, 0.29) is 0 Å². The van der Waals surface area contributed by atoms with Crippen molar-refractivity contribution in [3.8, 4) is 0 Å². The molecule has 20 heavy (non-hydrogen) atoms. The van der Waals surface area contributed by atoms with Crippen LogP contribution in [0.2, 0.25) is 0 Å². The Morgan fingerprint density at radius 1 is 0.800 bits per heavy atom. The minimum absolute atomic E-state index is 0.749. The summed E-state index contributed by atoms with van der Waals surface area (Å²) in [6.07, 6.45) is 13.7. The molecule has 0 bridgehead atoms. The average molecular weight is 339 g/mol. The monoisotopic (exact) mass is 338 g/mol. The summed E-state index contributed by atoms with van der Waals surface area (Å²) in [7, 11) is 0. The van der Waals surface area contributed by atoms with Gasteiger partial charge in [-0.3, -0.25) is 0 Å². The summed E-state index contributed by atoms with van der Waals surface area (Å²) in [5, 5.41) is 0. The zero-order valence-corrected chi connectivity index (χ0v) is 14.9. The summed E-state index contributed by atoms with van der Waals surface area (Å²) in [5.74, 6) is 0.749. The van der Waals surface area contributed by atoms with Gasteiger partial charge in [-0.1, -0.05) is 99.3 Å². The largest absolute Gasteiger partial charge is 0.0654 e. The van der Waals surface area contributed by atoms with Gasteiger partial charge in [-0.25, -0.2) is 0 Å². The number of halogens is 1. The highest BCUT2D eigenvalue weighted by Crippen LogP contribution is 2.33. The van der Waals surface area contributed by atoms with E-state index in [4.69, 9.17) is 0 Å². The van der Waals surface area contributed by atoms with E-state index in [9.17, 15) is 0 Å². The molecule has 1 aromatic rings. The maximum atomic E-state index is 3.74. The molecule has 0 aliphatic rings. The molecule has 0 aromatic heterocycles. The first-order valence-electron chi connectivity index (χ1n) is 8.54. The van der Waals surface area contributed by atoms with E-state index in [0.717, 1.165) is 5.92 Å². The molecule has 0 saturated carbocycles. The van der Waals surface area contributed by atoms with E-state index < -0.39 is 0 Å². The summed E-state index contributed by atoms with van der Waals surface area (Å²) in [5.41, 5.74) is 1.53. The fourth-order valence-corrected chi connectivity index (χ4v) is 3.51. The number of hydrogen-bond acceptors (Lipinski definition) is 0. The number of benzene rings is 1. The third-order valence-corrected chi connectivity index (χ3v) is 4.88. The highest BCUT2D eigenvalue weighted by Gasteiger charge is 2.13. The summed E-state index contributed by atoms with van der Waals surface area (Å²) in [6, 6.07) is 8.82. The topological polar surface area (TPSA) is 0 Å². The molecular weight excluding hydrogens is 308 g/mol. The van der Waals surface area contributed by atoms with Gasteiger partial charge >= 0.3 is 0 Å². The lowest BCUT2D eigenvalue weighted by atomic mass is 9.88. The van der Waals surface area contributed by atoms with Gasteiger partial charge < -0.3 is 0 Å². The van der Waals surface area contributed by atoms with Gasteiger partial charge in [0.05, 0.1) is 0 Å². The van der Waals surface area contributed by atoms with Crippen LogP contribution in [-0.2, 0) is 0 Å². The summed E-state index contributed by atoms with van der Waals surface area (Å²) >= 11 is 3.74. The highest BCUT2D eigenvalue weighted by atomic mass is 79.9. The van der Waals surface area contributed by atoms with Crippen molar-refractivity contribution >= 4 is 15.9 Å².